The minimum Gasteiger partial charge on any atom is -0.296 e. The lowest BCUT2D eigenvalue weighted by atomic mass is 9.74. The van der Waals surface area contributed by atoms with E-state index in [0.717, 1.165) is 26.1 Å². The fourth-order valence-corrected chi connectivity index (χ4v) is 3.88. The Bertz CT molecular complexity index is 930. The van der Waals surface area contributed by atoms with Crippen molar-refractivity contribution < 1.29 is 0 Å². The standard InChI is InChI=1S/C28H38N2/c1-21(2)14-17-30(18-15-22(3)4)19-16-28(7,20-29)27-25(23(5)6)13-12-24-10-8-9-11-26(24)27/h8-15,23H,16-19H2,1-7H3. The van der Waals surface area contributed by atoms with E-state index < -0.39 is 5.41 Å². The van der Waals surface area contributed by atoms with Gasteiger partial charge in [-0.15, -0.1) is 0 Å². The van der Waals surface area contributed by atoms with Gasteiger partial charge >= 0.3 is 0 Å². The van der Waals surface area contributed by atoms with E-state index in [2.05, 4.69) is 108 Å². The second-order valence-corrected chi connectivity index (χ2v) is 9.42. The van der Waals surface area contributed by atoms with E-state index in [4.69, 9.17) is 0 Å². The van der Waals surface area contributed by atoms with E-state index in [-0.39, 0.29) is 0 Å². The molecule has 0 saturated heterocycles. The van der Waals surface area contributed by atoms with E-state index in [1.807, 2.05) is 0 Å². The van der Waals surface area contributed by atoms with Crippen LogP contribution in [0.2, 0.25) is 0 Å². The van der Waals surface area contributed by atoms with Gasteiger partial charge in [-0.25, -0.2) is 0 Å². The minimum absolute atomic E-state index is 0.379. The van der Waals surface area contributed by atoms with Gasteiger partial charge in [-0.1, -0.05) is 73.5 Å². The Morgan fingerprint density at radius 2 is 1.60 bits per heavy atom. The van der Waals surface area contributed by atoms with Crippen LogP contribution in [0.3, 0.4) is 0 Å². The van der Waals surface area contributed by atoms with Crippen molar-refractivity contribution in [1.82, 2.24) is 4.90 Å². The third kappa shape index (κ3) is 6.07. The van der Waals surface area contributed by atoms with Gasteiger partial charge in [0.1, 0.15) is 0 Å². The number of hydrogen-bond acceptors (Lipinski definition) is 2. The van der Waals surface area contributed by atoms with E-state index >= 15 is 0 Å². The molecule has 160 valence electrons. The molecule has 0 amide bonds. The highest BCUT2D eigenvalue weighted by molar-refractivity contribution is 5.88. The summed E-state index contributed by atoms with van der Waals surface area (Å²) >= 11 is 0. The summed E-state index contributed by atoms with van der Waals surface area (Å²) in [6.45, 7) is 17.9. The second-order valence-electron chi connectivity index (χ2n) is 9.42. The molecule has 0 saturated carbocycles. The molecule has 2 nitrogen and oxygen atoms in total. The monoisotopic (exact) mass is 402 g/mol. The van der Waals surface area contributed by atoms with Crippen molar-refractivity contribution in [3.05, 3.63) is 70.8 Å². The molecule has 2 rings (SSSR count). The number of hydrogen-bond donors (Lipinski definition) is 0. The molecule has 2 heteroatoms. The maximum Gasteiger partial charge on any atom is 0.0815 e. The summed E-state index contributed by atoms with van der Waals surface area (Å²) in [5.41, 5.74) is 4.63. The van der Waals surface area contributed by atoms with Gasteiger partial charge in [0.25, 0.3) is 0 Å². The second kappa shape index (κ2) is 10.6. The SMILES string of the molecule is CC(C)=CCN(CC=C(C)C)CCC(C)(C#N)c1c(C(C)C)ccc2ccccc12. The molecule has 0 aliphatic rings. The van der Waals surface area contributed by atoms with Gasteiger partial charge in [0, 0.05) is 19.6 Å². The Kier molecular flexibility index (Phi) is 8.44. The van der Waals surface area contributed by atoms with Crippen molar-refractivity contribution in [3.63, 3.8) is 0 Å². The average molecular weight is 403 g/mol. The van der Waals surface area contributed by atoms with Crippen LogP contribution in [0.5, 0.6) is 0 Å². The molecule has 2 aromatic rings. The smallest absolute Gasteiger partial charge is 0.0815 e. The fourth-order valence-electron chi connectivity index (χ4n) is 3.88. The topological polar surface area (TPSA) is 27.0 Å². The highest BCUT2D eigenvalue weighted by Crippen LogP contribution is 2.38. The molecule has 0 N–H and O–H groups in total. The molecule has 0 heterocycles. The molecular weight excluding hydrogens is 364 g/mol. The van der Waals surface area contributed by atoms with Gasteiger partial charge in [0.15, 0.2) is 0 Å². The predicted octanol–water partition coefficient (Wildman–Crippen LogP) is 7.37. The summed E-state index contributed by atoms with van der Waals surface area (Å²) in [5, 5.41) is 12.8. The van der Waals surface area contributed by atoms with Crippen molar-refractivity contribution in [3.8, 4) is 6.07 Å². The number of nitriles is 1. The van der Waals surface area contributed by atoms with E-state index in [1.165, 1.54) is 33.0 Å². The molecule has 0 aromatic heterocycles. The van der Waals surface area contributed by atoms with Gasteiger partial charge in [-0.3, -0.25) is 4.90 Å². The molecule has 0 radical (unpaired) electrons. The number of benzene rings is 2. The van der Waals surface area contributed by atoms with Crippen LogP contribution in [-0.4, -0.2) is 24.5 Å². The zero-order valence-corrected chi connectivity index (χ0v) is 19.9. The highest BCUT2D eigenvalue weighted by Gasteiger charge is 2.32. The Morgan fingerprint density at radius 3 is 2.13 bits per heavy atom. The lowest BCUT2D eigenvalue weighted by Crippen LogP contribution is -2.32. The zero-order chi connectivity index (χ0) is 22.3. The minimum atomic E-state index is -0.533. The van der Waals surface area contributed by atoms with Crippen LogP contribution in [0.4, 0.5) is 0 Å². The number of allylic oxidation sites excluding steroid dienone is 2. The van der Waals surface area contributed by atoms with Crippen LogP contribution in [-0.2, 0) is 5.41 Å². The van der Waals surface area contributed by atoms with Gasteiger partial charge in [-0.05, 0) is 68.9 Å². The van der Waals surface area contributed by atoms with E-state index in [0.29, 0.717) is 5.92 Å². The van der Waals surface area contributed by atoms with Crippen LogP contribution in [0, 0.1) is 11.3 Å². The van der Waals surface area contributed by atoms with Crippen LogP contribution < -0.4 is 0 Å². The Labute approximate surface area is 183 Å². The third-order valence-corrected chi connectivity index (χ3v) is 5.83. The van der Waals surface area contributed by atoms with Gasteiger partial charge in [0.2, 0.25) is 0 Å². The van der Waals surface area contributed by atoms with Crippen molar-refractivity contribution in [2.24, 2.45) is 0 Å². The largest absolute Gasteiger partial charge is 0.296 e. The number of rotatable bonds is 9. The molecule has 1 unspecified atom stereocenters. The first-order valence-electron chi connectivity index (χ1n) is 11.1. The predicted molar refractivity (Wildman–Crippen MR) is 131 cm³/mol. The molecule has 1 atom stereocenters. The van der Waals surface area contributed by atoms with Crippen molar-refractivity contribution in [2.45, 2.75) is 66.2 Å². The van der Waals surface area contributed by atoms with Crippen LogP contribution >= 0.6 is 0 Å². The van der Waals surface area contributed by atoms with Crippen molar-refractivity contribution >= 4 is 10.8 Å². The maximum absolute atomic E-state index is 10.4. The fraction of sp³-hybridized carbons (Fsp3) is 0.464. The first-order chi connectivity index (χ1) is 14.2. The molecule has 0 fully saturated rings. The van der Waals surface area contributed by atoms with Crippen molar-refractivity contribution in [1.29, 1.82) is 5.26 Å². The van der Waals surface area contributed by atoms with E-state index in [1.54, 1.807) is 0 Å². The first-order valence-corrected chi connectivity index (χ1v) is 11.1. The summed E-state index contributed by atoms with van der Waals surface area (Å²) in [6, 6.07) is 15.6. The average Bonchev–Trinajstić information content (AvgIpc) is 2.71. The Balaban J connectivity index is 2.43. The highest BCUT2D eigenvalue weighted by atomic mass is 15.1. The quantitative estimate of drug-likeness (QED) is 0.409. The lowest BCUT2D eigenvalue weighted by Gasteiger charge is -2.31. The molecular formula is C28H38N2. The summed E-state index contributed by atoms with van der Waals surface area (Å²) < 4.78 is 0. The van der Waals surface area contributed by atoms with Crippen LogP contribution in [0.25, 0.3) is 10.8 Å². The normalized spacial score (nSPS) is 13.2. The summed E-state index contributed by atoms with van der Waals surface area (Å²) in [4.78, 5) is 2.44. The molecule has 30 heavy (non-hydrogen) atoms. The maximum atomic E-state index is 10.4. The summed E-state index contributed by atoms with van der Waals surface area (Å²) in [7, 11) is 0. The van der Waals surface area contributed by atoms with Gasteiger partial charge in [-0.2, -0.15) is 5.26 Å². The Hall–Kier alpha value is -2.37. The van der Waals surface area contributed by atoms with Gasteiger partial charge in [0.05, 0.1) is 11.5 Å². The Morgan fingerprint density at radius 1 is 1.00 bits per heavy atom. The number of fused-ring (bicyclic) bond motifs is 1. The third-order valence-electron chi connectivity index (χ3n) is 5.83. The molecule has 0 spiro atoms. The van der Waals surface area contributed by atoms with Gasteiger partial charge < -0.3 is 0 Å². The molecule has 2 aromatic carbocycles. The molecule has 0 bridgehead atoms. The zero-order valence-electron chi connectivity index (χ0n) is 19.9. The lowest BCUT2D eigenvalue weighted by molar-refractivity contribution is 0.305. The summed E-state index contributed by atoms with van der Waals surface area (Å²) in [5.74, 6) is 0.379. The summed E-state index contributed by atoms with van der Waals surface area (Å²) in [6.07, 6.45) is 5.37. The van der Waals surface area contributed by atoms with Crippen LogP contribution in [0.15, 0.2) is 59.7 Å². The molecule has 0 aliphatic heterocycles. The molecule has 0 aliphatic carbocycles. The van der Waals surface area contributed by atoms with E-state index in [9.17, 15) is 5.26 Å². The van der Waals surface area contributed by atoms with Crippen molar-refractivity contribution in [2.75, 3.05) is 19.6 Å². The first kappa shape index (κ1) is 23.9. The number of nitrogens with zero attached hydrogens (tertiary/aromatic N) is 2. The van der Waals surface area contributed by atoms with Crippen LogP contribution in [0.1, 0.15) is 71.9 Å².